The topological polar surface area (TPSA) is 75.9 Å². The first kappa shape index (κ1) is 16.6. The lowest BCUT2D eigenvalue weighted by molar-refractivity contribution is -0.115. The molecular formula is C20H20N4O2. The average molecular weight is 348 g/mol. The van der Waals surface area contributed by atoms with Crippen molar-refractivity contribution in [3.63, 3.8) is 0 Å². The molecule has 0 saturated carbocycles. The number of ether oxygens (including phenoxy) is 1. The minimum absolute atomic E-state index is 0.0469. The molecule has 1 amide bonds. The molecule has 1 atom stereocenters. The van der Waals surface area contributed by atoms with Gasteiger partial charge < -0.3 is 10.1 Å². The van der Waals surface area contributed by atoms with Crippen LogP contribution in [0, 0.1) is 0 Å². The highest BCUT2D eigenvalue weighted by Crippen LogP contribution is 2.34. The fourth-order valence-corrected chi connectivity index (χ4v) is 3.38. The van der Waals surface area contributed by atoms with Crippen LogP contribution in [0.4, 0.5) is 5.69 Å². The zero-order chi connectivity index (χ0) is 18.1. The smallest absolute Gasteiger partial charge is 0.266 e. The maximum absolute atomic E-state index is 12.4. The van der Waals surface area contributed by atoms with Crippen molar-refractivity contribution < 1.29 is 9.53 Å². The number of carbonyl (C=O) groups excluding carboxylic acids is 1. The van der Waals surface area contributed by atoms with Gasteiger partial charge in [-0.05, 0) is 36.2 Å². The van der Waals surface area contributed by atoms with E-state index in [2.05, 4.69) is 32.4 Å². The lowest BCUT2D eigenvalue weighted by atomic mass is 9.97. The maximum Gasteiger partial charge on any atom is 0.266 e. The van der Waals surface area contributed by atoms with E-state index in [0.717, 1.165) is 28.1 Å². The van der Waals surface area contributed by atoms with E-state index in [1.54, 1.807) is 19.5 Å². The second kappa shape index (κ2) is 6.80. The van der Waals surface area contributed by atoms with Crippen molar-refractivity contribution in [2.24, 2.45) is 9.98 Å². The van der Waals surface area contributed by atoms with Crippen molar-refractivity contribution in [2.45, 2.75) is 25.9 Å². The molecule has 0 fully saturated rings. The van der Waals surface area contributed by atoms with Crippen molar-refractivity contribution in [3.8, 4) is 0 Å². The van der Waals surface area contributed by atoms with Crippen molar-refractivity contribution in [1.82, 2.24) is 10.3 Å². The third-order valence-electron chi connectivity index (χ3n) is 4.59. The lowest BCUT2D eigenvalue weighted by Crippen LogP contribution is -2.40. The van der Waals surface area contributed by atoms with Crippen LogP contribution in [0.15, 0.2) is 46.6 Å². The minimum Gasteiger partial charge on any atom is -0.383 e. The van der Waals surface area contributed by atoms with Gasteiger partial charge in [0, 0.05) is 43.1 Å². The van der Waals surface area contributed by atoms with Crippen LogP contribution in [0.25, 0.3) is 0 Å². The van der Waals surface area contributed by atoms with Crippen LogP contribution in [0.1, 0.15) is 29.2 Å². The molecule has 0 unspecified atom stereocenters. The Morgan fingerprint density at radius 3 is 2.85 bits per heavy atom. The number of carbonyl (C=O) groups is 1. The van der Waals surface area contributed by atoms with Crippen LogP contribution in [0.3, 0.4) is 0 Å². The molecule has 6 heteroatoms. The number of fused-ring (bicyclic) bond motifs is 2. The number of aliphatic imine (C=N–C) groups is 2. The van der Waals surface area contributed by atoms with E-state index in [1.165, 1.54) is 5.56 Å². The highest BCUT2D eigenvalue weighted by Gasteiger charge is 2.26. The number of aromatic nitrogens is 1. The lowest BCUT2D eigenvalue weighted by Gasteiger charge is -2.12. The monoisotopic (exact) mass is 348 g/mol. The minimum atomic E-state index is -0.131. The van der Waals surface area contributed by atoms with Gasteiger partial charge in [0.1, 0.15) is 5.71 Å². The Morgan fingerprint density at radius 1 is 1.27 bits per heavy atom. The second-order valence-electron chi connectivity index (χ2n) is 6.60. The van der Waals surface area contributed by atoms with Crippen molar-refractivity contribution in [2.75, 3.05) is 13.7 Å². The molecule has 1 N–H and O–H groups in total. The van der Waals surface area contributed by atoms with Crippen LogP contribution < -0.4 is 5.32 Å². The van der Waals surface area contributed by atoms with Gasteiger partial charge in [-0.1, -0.05) is 6.07 Å². The summed E-state index contributed by atoms with van der Waals surface area (Å²) in [5.74, 6) is -0.131. The van der Waals surface area contributed by atoms with Gasteiger partial charge in [0.25, 0.3) is 5.91 Å². The average Bonchev–Trinajstić information content (AvgIpc) is 3.23. The molecule has 2 aliphatic rings. The summed E-state index contributed by atoms with van der Waals surface area (Å²) in [7, 11) is 1.62. The fraction of sp³-hybridized carbons (Fsp3) is 0.300. The molecule has 132 valence electrons. The largest absolute Gasteiger partial charge is 0.383 e. The van der Waals surface area contributed by atoms with Gasteiger partial charge >= 0.3 is 0 Å². The van der Waals surface area contributed by atoms with E-state index in [1.807, 2.05) is 19.1 Å². The zero-order valence-electron chi connectivity index (χ0n) is 14.8. The second-order valence-corrected chi connectivity index (χ2v) is 6.60. The molecule has 1 aromatic heterocycles. The third-order valence-corrected chi connectivity index (χ3v) is 4.59. The summed E-state index contributed by atoms with van der Waals surface area (Å²) in [6, 6.07) is 8.05. The summed E-state index contributed by atoms with van der Waals surface area (Å²) in [6.45, 7) is 3.05. The molecule has 6 nitrogen and oxygen atoms in total. The molecule has 0 radical (unpaired) electrons. The molecule has 2 aliphatic heterocycles. The molecule has 3 heterocycles. The summed E-state index contributed by atoms with van der Waals surface area (Å²) >= 11 is 0. The Hall–Kier alpha value is -2.86. The molecule has 0 bridgehead atoms. The normalized spacial score (nSPS) is 15.8. The molecular weight excluding hydrogens is 328 g/mol. The molecule has 26 heavy (non-hydrogen) atoms. The maximum atomic E-state index is 12.4. The van der Waals surface area contributed by atoms with Gasteiger partial charge in [-0.25, -0.2) is 4.99 Å². The van der Waals surface area contributed by atoms with Crippen LogP contribution in [-0.2, 0) is 22.5 Å². The quantitative estimate of drug-likeness (QED) is 0.900. The number of nitrogens with zero attached hydrogens (tertiary/aromatic N) is 3. The Balaban J connectivity index is 1.58. The number of rotatable bonds is 5. The predicted octanol–water partition coefficient (Wildman–Crippen LogP) is 2.21. The van der Waals surface area contributed by atoms with E-state index < -0.39 is 0 Å². The van der Waals surface area contributed by atoms with Gasteiger partial charge in [-0.15, -0.1) is 0 Å². The summed E-state index contributed by atoms with van der Waals surface area (Å²) in [5, 5.41) is 2.92. The van der Waals surface area contributed by atoms with Crippen molar-refractivity contribution in [1.29, 1.82) is 0 Å². The van der Waals surface area contributed by atoms with E-state index in [-0.39, 0.29) is 11.9 Å². The highest BCUT2D eigenvalue weighted by atomic mass is 16.5. The van der Waals surface area contributed by atoms with Gasteiger partial charge in [0.15, 0.2) is 0 Å². The van der Waals surface area contributed by atoms with Crippen molar-refractivity contribution in [3.05, 3.63) is 58.9 Å². The molecule has 0 spiro atoms. The Kier molecular flexibility index (Phi) is 4.34. The third kappa shape index (κ3) is 3.04. The van der Waals surface area contributed by atoms with Crippen LogP contribution in [0.5, 0.6) is 0 Å². The summed E-state index contributed by atoms with van der Waals surface area (Å²) in [4.78, 5) is 25.7. The Labute approximate surface area is 152 Å². The summed E-state index contributed by atoms with van der Waals surface area (Å²) < 4.78 is 5.06. The Morgan fingerprint density at radius 2 is 2.08 bits per heavy atom. The number of pyridine rings is 1. The SMILES string of the molecule is COC[C@@H](C)NC(=O)C1=Nc2cc3c(cc2C1)CN=C3c1ccncc1. The van der Waals surface area contributed by atoms with E-state index in [9.17, 15) is 4.79 Å². The summed E-state index contributed by atoms with van der Waals surface area (Å²) in [5.41, 5.74) is 6.78. The van der Waals surface area contributed by atoms with Gasteiger partial charge in [0.2, 0.25) is 0 Å². The number of hydrogen-bond acceptors (Lipinski definition) is 5. The number of nitrogens with one attached hydrogen (secondary N) is 1. The highest BCUT2D eigenvalue weighted by molar-refractivity contribution is 6.41. The standard InChI is InChI=1S/C20H20N4O2/c1-12(11-26-2)23-20(25)18-8-14-7-15-10-22-19(13-3-5-21-6-4-13)16(15)9-17(14)24-18/h3-7,9,12H,8,10-11H2,1-2H3,(H,23,25)/t12-/m1/s1. The number of amides is 1. The number of benzene rings is 1. The zero-order valence-corrected chi connectivity index (χ0v) is 14.8. The van der Waals surface area contributed by atoms with Crippen LogP contribution in [0.2, 0.25) is 0 Å². The first-order valence-corrected chi connectivity index (χ1v) is 8.64. The summed E-state index contributed by atoms with van der Waals surface area (Å²) in [6.07, 6.45) is 4.09. The molecule has 4 rings (SSSR count). The fourth-order valence-electron chi connectivity index (χ4n) is 3.38. The van der Waals surface area contributed by atoms with Gasteiger partial charge in [0.05, 0.1) is 24.6 Å². The molecule has 0 saturated heterocycles. The van der Waals surface area contributed by atoms with E-state index >= 15 is 0 Å². The van der Waals surface area contributed by atoms with E-state index in [0.29, 0.717) is 25.3 Å². The van der Waals surface area contributed by atoms with Gasteiger partial charge in [-0.3, -0.25) is 14.8 Å². The van der Waals surface area contributed by atoms with Crippen LogP contribution >= 0.6 is 0 Å². The van der Waals surface area contributed by atoms with E-state index in [4.69, 9.17) is 4.74 Å². The first-order chi connectivity index (χ1) is 12.7. The first-order valence-electron chi connectivity index (χ1n) is 8.64. The van der Waals surface area contributed by atoms with Gasteiger partial charge in [-0.2, -0.15) is 0 Å². The molecule has 2 aromatic rings. The number of methoxy groups -OCH3 is 1. The van der Waals surface area contributed by atoms with Crippen molar-refractivity contribution >= 4 is 23.0 Å². The van der Waals surface area contributed by atoms with Crippen LogP contribution in [-0.4, -0.2) is 42.1 Å². The number of hydrogen-bond donors (Lipinski definition) is 1. The Bertz CT molecular complexity index is 919. The molecule has 1 aromatic carbocycles. The predicted molar refractivity (Wildman–Crippen MR) is 100 cm³/mol. The molecule has 0 aliphatic carbocycles.